The van der Waals surface area contributed by atoms with E-state index in [4.69, 9.17) is 4.74 Å². The molecule has 0 unspecified atom stereocenters. The fraction of sp³-hybridized carbons (Fsp3) is 0.400. The Morgan fingerprint density at radius 1 is 1.25 bits per heavy atom. The zero-order chi connectivity index (χ0) is 13.9. The van der Waals surface area contributed by atoms with E-state index < -0.39 is 0 Å². The Morgan fingerprint density at radius 3 is 2.65 bits per heavy atom. The van der Waals surface area contributed by atoms with Gasteiger partial charge in [0, 0.05) is 0 Å². The van der Waals surface area contributed by atoms with Gasteiger partial charge in [-0.15, -0.1) is 0 Å². The van der Waals surface area contributed by atoms with Gasteiger partial charge < -0.3 is 15.2 Å². The van der Waals surface area contributed by atoms with E-state index in [-0.39, 0.29) is 5.75 Å². The molecular weight excluding hydrogens is 254 g/mol. The lowest BCUT2D eigenvalue weighted by atomic mass is 10.1. The second kappa shape index (κ2) is 5.54. The number of ether oxygens (including phenoxy) is 1. The molecule has 1 aromatic heterocycles. The predicted octanol–water partition coefficient (Wildman–Crippen LogP) is 2.61. The van der Waals surface area contributed by atoms with Gasteiger partial charge in [0.25, 0.3) is 0 Å². The van der Waals surface area contributed by atoms with Crippen LogP contribution in [-0.2, 0) is 0 Å². The van der Waals surface area contributed by atoms with E-state index in [0.717, 1.165) is 37.4 Å². The smallest absolute Gasteiger partial charge is 0.168 e. The molecule has 0 bridgehead atoms. The molecule has 1 saturated heterocycles. The van der Waals surface area contributed by atoms with Crippen LogP contribution in [0.25, 0.3) is 0 Å². The molecule has 20 heavy (non-hydrogen) atoms. The van der Waals surface area contributed by atoms with Gasteiger partial charge in [0.15, 0.2) is 5.75 Å². The van der Waals surface area contributed by atoms with Crippen LogP contribution in [-0.4, -0.2) is 28.0 Å². The first-order valence-electron chi connectivity index (χ1n) is 6.96. The fourth-order valence-electron chi connectivity index (χ4n) is 2.57. The first-order chi connectivity index (χ1) is 9.74. The third-order valence-corrected chi connectivity index (χ3v) is 3.72. The lowest BCUT2D eigenvalue weighted by Gasteiger charge is -2.24. The number of benzene rings is 1. The van der Waals surface area contributed by atoms with Gasteiger partial charge in [0.05, 0.1) is 17.9 Å². The molecule has 2 N–H and O–H groups in total. The highest BCUT2D eigenvalue weighted by molar-refractivity contribution is 5.35. The molecule has 1 aliphatic rings. The topological polar surface area (TPSA) is 59.3 Å². The number of aromatic nitrogens is 2. The van der Waals surface area contributed by atoms with Crippen LogP contribution in [0.2, 0.25) is 0 Å². The van der Waals surface area contributed by atoms with Crippen LogP contribution < -0.4 is 10.1 Å². The lowest BCUT2D eigenvalue weighted by molar-refractivity contribution is 0.336. The average Bonchev–Trinajstić information content (AvgIpc) is 2.84. The number of nitrogens with one attached hydrogen (secondary N) is 1. The van der Waals surface area contributed by atoms with Crippen LogP contribution >= 0.6 is 0 Å². The molecule has 106 valence electrons. The highest BCUT2D eigenvalue weighted by atomic mass is 16.5. The molecule has 5 heteroatoms. The SMILES string of the molecule is Cc1c(Oc2ccc(O)cc2)cnn1C1CCNCC1. The Morgan fingerprint density at radius 2 is 1.95 bits per heavy atom. The summed E-state index contributed by atoms with van der Waals surface area (Å²) in [6.07, 6.45) is 3.96. The van der Waals surface area contributed by atoms with E-state index in [1.54, 1.807) is 30.5 Å². The molecule has 1 fully saturated rings. The molecule has 2 heterocycles. The maximum Gasteiger partial charge on any atom is 0.168 e. The molecule has 5 nitrogen and oxygen atoms in total. The second-order valence-corrected chi connectivity index (χ2v) is 5.12. The summed E-state index contributed by atoms with van der Waals surface area (Å²) < 4.78 is 7.89. The van der Waals surface area contributed by atoms with E-state index >= 15 is 0 Å². The first kappa shape index (κ1) is 13.0. The number of hydrogen-bond donors (Lipinski definition) is 2. The van der Waals surface area contributed by atoms with Gasteiger partial charge in [-0.3, -0.25) is 4.68 Å². The summed E-state index contributed by atoms with van der Waals surface area (Å²) in [6.45, 7) is 4.11. The molecule has 2 aromatic rings. The summed E-state index contributed by atoms with van der Waals surface area (Å²) in [5.74, 6) is 1.71. The van der Waals surface area contributed by atoms with Gasteiger partial charge in [0.1, 0.15) is 11.5 Å². The van der Waals surface area contributed by atoms with Gasteiger partial charge in [-0.2, -0.15) is 5.10 Å². The zero-order valence-electron chi connectivity index (χ0n) is 11.5. The molecule has 0 spiro atoms. The molecule has 0 atom stereocenters. The summed E-state index contributed by atoms with van der Waals surface area (Å²) in [5.41, 5.74) is 1.05. The molecule has 0 saturated carbocycles. The standard InChI is InChI=1S/C15H19N3O2/c1-11-15(20-14-4-2-13(19)3-5-14)10-17-18(11)12-6-8-16-9-7-12/h2-5,10,12,16,19H,6-9H2,1H3. The quantitative estimate of drug-likeness (QED) is 0.902. The van der Waals surface area contributed by atoms with Crippen molar-refractivity contribution in [3.63, 3.8) is 0 Å². The van der Waals surface area contributed by atoms with E-state index in [2.05, 4.69) is 15.1 Å². The van der Waals surface area contributed by atoms with Gasteiger partial charge in [-0.1, -0.05) is 0 Å². The number of phenols is 1. The second-order valence-electron chi connectivity index (χ2n) is 5.12. The minimum absolute atomic E-state index is 0.236. The average molecular weight is 273 g/mol. The number of aromatic hydroxyl groups is 1. The van der Waals surface area contributed by atoms with Gasteiger partial charge >= 0.3 is 0 Å². The zero-order valence-corrected chi connectivity index (χ0v) is 11.5. The van der Waals surface area contributed by atoms with Crippen LogP contribution in [0.5, 0.6) is 17.2 Å². The molecule has 1 aromatic carbocycles. The number of phenolic OH excluding ortho intramolecular Hbond substituents is 1. The van der Waals surface area contributed by atoms with Crippen LogP contribution in [0, 0.1) is 6.92 Å². The normalized spacial score (nSPS) is 16.2. The highest BCUT2D eigenvalue weighted by Crippen LogP contribution is 2.29. The molecule has 3 rings (SSSR count). The van der Waals surface area contributed by atoms with E-state index in [0.29, 0.717) is 11.8 Å². The Bertz CT molecular complexity index is 571. The highest BCUT2D eigenvalue weighted by Gasteiger charge is 2.19. The van der Waals surface area contributed by atoms with Crippen LogP contribution in [0.3, 0.4) is 0 Å². The maximum absolute atomic E-state index is 9.27. The summed E-state index contributed by atoms with van der Waals surface area (Å²) in [4.78, 5) is 0. The molecule has 1 aliphatic heterocycles. The van der Waals surface area contributed by atoms with Crippen molar-refractivity contribution < 1.29 is 9.84 Å². The van der Waals surface area contributed by atoms with E-state index in [1.807, 2.05) is 6.92 Å². The molecule has 0 amide bonds. The maximum atomic E-state index is 9.27. The van der Waals surface area contributed by atoms with Crippen molar-refractivity contribution in [1.82, 2.24) is 15.1 Å². The lowest BCUT2D eigenvalue weighted by Crippen LogP contribution is -2.30. The molecule has 0 aliphatic carbocycles. The summed E-state index contributed by atoms with van der Waals surface area (Å²) in [7, 11) is 0. The van der Waals surface area contributed by atoms with Crippen molar-refractivity contribution in [1.29, 1.82) is 0 Å². The van der Waals surface area contributed by atoms with Crippen molar-refractivity contribution in [3.8, 4) is 17.2 Å². The third kappa shape index (κ3) is 2.63. The Labute approximate surface area is 118 Å². The van der Waals surface area contributed by atoms with E-state index in [1.165, 1.54) is 0 Å². The third-order valence-electron chi connectivity index (χ3n) is 3.72. The number of rotatable bonds is 3. The minimum Gasteiger partial charge on any atom is -0.508 e. The van der Waals surface area contributed by atoms with Crippen molar-refractivity contribution in [2.45, 2.75) is 25.8 Å². The summed E-state index contributed by atoms with van der Waals surface area (Å²) >= 11 is 0. The van der Waals surface area contributed by atoms with Crippen LogP contribution in [0.1, 0.15) is 24.6 Å². The Kier molecular flexibility index (Phi) is 3.60. The summed E-state index contributed by atoms with van der Waals surface area (Å²) in [6, 6.07) is 7.17. The molecule has 0 radical (unpaired) electrons. The summed E-state index contributed by atoms with van der Waals surface area (Å²) in [5, 5.41) is 17.1. The van der Waals surface area contributed by atoms with Gasteiger partial charge in [-0.25, -0.2) is 0 Å². The van der Waals surface area contributed by atoms with Crippen molar-refractivity contribution in [2.24, 2.45) is 0 Å². The number of piperidine rings is 1. The predicted molar refractivity (Wildman–Crippen MR) is 76.3 cm³/mol. The van der Waals surface area contributed by atoms with Gasteiger partial charge in [-0.05, 0) is 57.1 Å². The largest absolute Gasteiger partial charge is 0.508 e. The first-order valence-corrected chi connectivity index (χ1v) is 6.96. The molecular formula is C15H19N3O2. The van der Waals surface area contributed by atoms with E-state index in [9.17, 15) is 5.11 Å². The van der Waals surface area contributed by atoms with Gasteiger partial charge in [0.2, 0.25) is 0 Å². The van der Waals surface area contributed by atoms with Crippen molar-refractivity contribution in [3.05, 3.63) is 36.2 Å². The van der Waals surface area contributed by atoms with Crippen LogP contribution in [0.15, 0.2) is 30.5 Å². The van der Waals surface area contributed by atoms with Crippen molar-refractivity contribution in [2.75, 3.05) is 13.1 Å². The van der Waals surface area contributed by atoms with Crippen molar-refractivity contribution >= 4 is 0 Å². The monoisotopic (exact) mass is 273 g/mol. The van der Waals surface area contributed by atoms with Crippen LogP contribution in [0.4, 0.5) is 0 Å². The number of nitrogens with zero attached hydrogens (tertiary/aromatic N) is 2. The minimum atomic E-state index is 0.236. The number of hydrogen-bond acceptors (Lipinski definition) is 4. The Hall–Kier alpha value is -2.01. The Balaban J connectivity index is 1.77. The fourth-order valence-corrected chi connectivity index (χ4v) is 2.57.